The lowest BCUT2D eigenvalue weighted by atomic mass is 10.6. The highest BCUT2D eigenvalue weighted by atomic mass is 32.1. The molecule has 0 aliphatic rings. The van der Waals surface area contributed by atoms with Crippen LogP contribution in [-0.4, -0.2) is 0 Å². The topological polar surface area (TPSA) is 12.4 Å². The molecule has 0 aliphatic carbocycles. The molecule has 0 saturated heterocycles. The first kappa shape index (κ1) is 4.87. The van der Waals surface area contributed by atoms with Crippen molar-refractivity contribution in [2.75, 3.05) is 0 Å². The molecule has 3 heteroatoms. The van der Waals surface area contributed by atoms with Crippen LogP contribution < -0.4 is 0 Å². The van der Waals surface area contributed by atoms with Gasteiger partial charge in [-0.3, -0.25) is 0 Å². The SMILES string of the molecule is S=Nc1ccsc1. The van der Waals surface area contributed by atoms with E-state index in [-0.39, 0.29) is 0 Å². The third-order valence-corrected chi connectivity index (χ3v) is 1.49. The molecular formula is C4H3NS2. The molecule has 0 aliphatic heterocycles. The van der Waals surface area contributed by atoms with E-state index in [0.29, 0.717) is 0 Å². The molecule has 0 spiro atoms. The summed E-state index contributed by atoms with van der Waals surface area (Å²) in [6, 6.07) is 1.89. The summed E-state index contributed by atoms with van der Waals surface area (Å²) < 4.78 is 3.52. The molecule has 1 nitrogen and oxygen atoms in total. The van der Waals surface area contributed by atoms with Gasteiger partial charge >= 0.3 is 0 Å². The van der Waals surface area contributed by atoms with E-state index < -0.39 is 0 Å². The fourth-order valence-corrected chi connectivity index (χ4v) is 1.06. The zero-order valence-corrected chi connectivity index (χ0v) is 5.13. The van der Waals surface area contributed by atoms with Crippen LogP contribution in [0.15, 0.2) is 21.2 Å². The molecule has 0 aromatic carbocycles. The minimum absolute atomic E-state index is 0.889. The highest BCUT2D eigenvalue weighted by Crippen LogP contribution is 2.13. The molecule has 1 aromatic heterocycles. The summed E-state index contributed by atoms with van der Waals surface area (Å²) in [4.78, 5) is 0. The van der Waals surface area contributed by atoms with Crippen molar-refractivity contribution in [3.8, 4) is 0 Å². The van der Waals surface area contributed by atoms with Gasteiger partial charge < -0.3 is 0 Å². The molecule has 0 atom stereocenters. The van der Waals surface area contributed by atoms with Crippen LogP contribution in [0.2, 0.25) is 0 Å². The second-order valence-electron chi connectivity index (χ2n) is 1.07. The van der Waals surface area contributed by atoms with Gasteiger partial charge in [0, 0.05) is 17.8 Å². The molecule has 7 heavy (non-hydrogen) atoms. The Kier molecular flexibility index (Phi) is 1.49. The predicted octanol–water partition coefficient (Wildman–Crippen LogP) is 2.11. The lowest BCUT2D eigenvalue weighted by Crippen LogP contribution is -1.39. The molecule has 1 aromatic rings. The van der Waals surface area contributed by atoms with Crippen molar-refractivity contribution in [3.05, 3.63) is 16.8 Å². The number of thiophene rings is 1. The summed E-state index contributed by atoms with van der Waals surface area (Å²) in [6.45, 7) is 0. The van der Waals surface area contributed by atoms with E-state index in [4.69, 9.17) is 0 Å². The molecule has 1 rings (SSSR count). The van der Waals surface area contributed by atoms with Crippen LogP contribution in [0.25, 0.3) is 0 Å². The van der Waals surface area contributed by atoms with E-state index in [0.717, 1.165) is 5.69 Å². The van der Waals surface area contributed by atoms with Crippen LogP contribution in [0, 0.1) is 0 Å². The lowest BCUT2D eigenvalue weighted by Gasteiger charge is -1.68. The maximum absolute atomic E-state index is 4.40. The molecule has 0 fully saturated rings. The molecule has 0 bridgehead atoms. The highest BCUT2D eigenvalue weighted by molar-refractivity contribution is 7.47. The van der Waals surface area contributed by atoms with Crippen LogP contribution in [0.4, 0.5) is 5.69 Å². The second kappa shape index (κ2) is 2.14. The van der Waals surface area contributed by atoms with Crippen LogP contribution >= 0.6 is 11.3 Å². The molecule has 1 heterocycles. The van der Waals surface area contributed by atoms with Gasteiger partial charge in [-0.05, 0) is 11.4 Å². The first-order valence-electron chi connectivity index (χ1n) is 1.79. The zero-order valence-electron chi connectivity index (χ0n) is 3.50. The Morgan fingerprint density at radius 3 is 2.86 bits per heavy atom. The summed E-state index contributed by atoms with van der Waals surface area (Å²) >= 11 is 6.01. The van der Waals surface area contributed by atoms with Crippen LogP contribution in [-0.2, 0) is 12.4 Å². The molecule has 36 valence electrons. The van der Waals surface area contributed by atoms with E-state index in [9.17, 15) is 0 Å². The third-order valence-electron chi connectivity index (χ3n) is 0.612. The van der Waals surface area contributed by atoms with E-state index in [1.165, 1.54) is 0 Å². The quantitative estimate of drug-likeness (QED) is 0.565. The normalized spacial score (nSPS) is 8.57. The van der Waals surface area contributed by atoms with E-state index in [1.54, 1.807) is 11.3 Å². The Hall–Kier alpha value is -0.280. The molecule has 0 N–H and O–H groups in total. The fraction of sp³-hybridized carbons (Fsp3) is 0. The summed E-state index contributed by atoms with van der Waals surface area (Å²) in [6.07, 6.45) is 0. The number of nitrogens with zero attached hydrogens (tertiary/aromatic N) is 1. The summed E-state index contributed by atoms with van der Waals surface area (Å²) in [5.41, 5.74) is 0.889. The number of hydrogen-bond donors (Lipinski definition) is 0. The van der Waals surface area contributed by atoms with Gasteiger partial charge in [-0.2, -0.15) is 15.7 Å². The predicted molar refractivity (Wildman–Crippen MR) is 33.8 cm³/mol. The third kappa shape index (κ3) is 1.04. The van der Waals surface area contributed by atoms with Gasteiger partial charge in [-0.1, -0.05) is 0 Å². The Balaban J connectivity index is 2.96. The van der Waals surface area contributed by atoms with Gasteiger partial charge in [0.1, 0.15) is 0 Å². The standard InChI is InChI=1S/C4H3NS2/c6-5-4-1-2-7-3-4/h1-3H. The van der Waals surface area contributed by atoms with Crippen molar-refractivity contribution in [2.24, 2.45) is 4.36 Å². The first-order chi connectivity index (χ1) is 3.43. The number of rotatable bonds is 1. The van der Waals surface area contributed by atoms with Crippen molar-refractivity contribution in [1.29, 1.82) is 0 Å². The van der Waals surface area contributed by atoms with Gasteiger partial charge in [-0.25, -0.2) is 0 Å². The van der Waals surface area contributed by atoms with Gasteiger partial charge in [0.2, 0.25) is 0 Å². The Labute approximate surface area is 51.2 Å². The average Bonchev–Trinajstić information content (AvgIpc) is 2.14. The van der Waals surface area contributed by atoms with Gasteiger partial charge in [0.05, 0.1) is 5.69 Å². The maximum atomic E-state index is 4.40. The van der Waals surface area contributed by atoms with Crippen molar-refractivity contribution in [3.63, 3.8) is 0 Å². The van der Waals surface area contributed by atoms with Gasteiger partial charge in [0.15, 0.2) is 0 Å². The molecule has 0 saturated carbocycles. The van der Waals surface area contributed by atoms with Crippen LogP contribution in [0.1, 0.15) is 0 Å². The minimum Gasteiger partial charge on any atom is -0.181 e. The summed E-state index contributed by atoms with van der Waals surface area (Å²) in [5.74, 6) is 0. The molecule has 0 unspecified atom stereocenters. The Bertz CT molecular complexity index is 145. The van der Waals surface area contributed by atoms with Crippen molar-refractivity contribution >= 4 is 29.4 Å². The molecule has 0 radical (unpaired) electrons. The lowest BCUT2D eigenvalue weighted by molar-refractivity contribution is 1.67. The van der Waals surface area contributed by atoms with Crippen molar-refractivity contribution in [2.45, 2.75) is 0 Å². The van der Waals surface area contributed by atoms with Crippen LogP contribution in [0.5, 0.6) is 0 Å². The van der Waals surface area contributed by atoms with Gasteiger partial charge in [0.25, 0.3) is 0 Å². The van der Waals surface area contributed by atoms with Gasteiger partial charge in [-0.15, -0.1) is 0 Å². The fourth-order valence-electron chi connectivity index (χ4n) is 0.309. The Morgan fingerprint density at radius 2 is 2.57 bits per heavy atom. The zero-order chi connectivity index (χ0) is 5.11. The molecule has 0 amide bonds. The van der Waals surface area contributed by atoms with E-state index in [1.807, 2.05) is 16.8 Å². The largest absolute Gasteiger partial charge is 0.181 e. The van der Waals surface area contributed by atoms with E-state index in [2.05, 4.69) is 16.8 Å². The van der Waals surface area contributed by atoms with Crippen molar-refractivity contribution in [1.82, 2.24) is 0 Å². The first-order valence-corrected chi connectivity index (χ1v) is 3.10. The highest BCUT2D eigenvalue weighted by Gasteiger charge is 1.81. The average molecular weight is 129 g/mol. The van der Waals surface area contributed by atoms with Crippen molar-refractivity contribution < 1.29 is 0 Å². The summed E-state index contributed by atoms with van der Waals surface area (Å²) in [5, 5.41) is 3.86. The molecular weight excluding hydrogens is 126 g/mol. The smallest absolute Gasteiger partial charge is 0.0876 e. The van der Waals surface area contributed by atoms with E-state index >= 15 is 0 Å². The second-order valence-corrected chi connectivity index (χ2v) is 2.04. The minimum atomic E-state index is 0.889. The maximum Gasteiger partial charge on any atom is 0.0876 e. The monoisotopic (exact) mass is 129 g/mol. The van der Waals surface area contributed by atoms with Crippen LogP contribution in [0.3, 0.4) is 0 Å². The number of hydrogen-bond acceptors (Lipinski definition) is 3. The Morgan fingerprint density at radius 1 is 1.71 bits per heavy atom. The summed E-state index contributed by atoms with van der Waals surface area (Å²) in [7, 11) is 0.